The Morgan fingerprint density at radius 2 is 2.03 bits per heavy atom. The Balaban J connectivity index is 0.000000960. The van der Waals surface area contributed by atoms with Gasteiger partial charge in [0.2, 0.25) is 0 Å². The molecule has 0 unspecified atom stereocenters. The van der Waals surface area contributed by atoms with E-state index in [0.717, 1.165) is 35.3 Å². The number of benzene rings is 1. The van der Waals surface area contributed by atoms with Gasteiger partial charge in [-0.1, -0.05) is 27.7 Å². The molecule has 0 aliphatic carbocycles. The quantitative estimate of drug-likeness (QED) is 0.108. The Labute approximate surface area is 188 Å². The van der Waals surface area contributed by atoms with Crippen molar-refractivity contribution in [1.82, 2.24) is 0 Å². The minimum absolute atomic E-state index is 0.218. The maximum Gasteiger partial charge on any atom is 0.342 e. The number of hydrogen-bond donors (Lipinski definition) is 0. The Kier molecular flexibility index (Phi) is 12.0. The summed E-state index contributed by atoms with van der Waals surface area (Å²) in [5.41, 5.74) is 3.32. The van der Waals surface area contributed by atoms with Crippen molar-refractivity contribution in [2.24, 2.45) is 0 Å². The van der Waals surface area contributed by atoms with E-state index < -0.39 is 0 Å². The van der Waals surface area contributed by atoms with Crippen molar-refractivity contribution in [3.05, 3.63) is 46.6 Å². The molecular formula is C21H27IO6S. The molecule has 0 amide bonds. The van der Waals surface area contributed by atoms with Gasteiger partial charge in [0.05, 0.1) is 13.7 Å². The van der Waals surface area contributed by atoms with E-state index in [9.17, 15) is 9.59 Å². The Bertz CT molecular complexity index is 748. The zero-order valence-electron chi connectivity index (χ0n) is 17.2. The van der Waals surface area contributed by atoms with Gasteiger partial charge in [-0.25, -0.2) is 4.79 Å². The number of allylic oxidation sites excluding steroid dienone is 3. The van der Waals surface area contributed by atoms with Crippen LogP contribution in [0, 0.1) is 6.92 Å². The fourth-order valence-corrected chi connectivity index (χ4v) is 3.43. The lowest BCUT2D eigenvalue weighted by molar-refractivity contribution is -0.104. The third-order valence-corrected chi connectivity index (χ3v) is 5.88. The van der Waals surface area contributed by atoms with E-state index in [4.69, 9.17) is 14.2 Å². The summed E-state index contributed by atoms with van der Waals surface area (Å²) in [6.07, 6.45) is 4.35. The minimum Gasteiger partial charge on any atom is -0.496 e. The lowest BCUT2D eigenvalue weighted by Crippen LogP contribution is -2.10. The number of methoxy groups -OCH3 is 2. The van der Waals surface area contributed by atoms with Crippen LogP contribution in [0.5, 0.6) is 11.5 Å². The van der Waals surface area contributed by atoms with Gasteiger partial charge in [0.1, 0.15) is 30.0 Å². The maximum absolute atomic E-state index is 12.2. The molecule has 0 saturated heterocycles. The summed E-state index contributed by atoms with van der Waals surface area (Å²) in [5.74, 6) is 1.53. The normalized spacial score (nSPS) is 12.4. The summed E-state index contributed by atoms with van der Waals surface area (Å²) in [4.78, 5) is 23.3. The van der Waals surface area contributed by atoms with Crippen LogP contribution >= 0.6 is 30.1 Å². The first-order valence-electron chi connectivity index (χ1n) is 9.02. The molecule has 1 heterocycles. The van der Waals surface area contributed by atoms with Crippen LogP contribution in [0.25, 0.3) is 0 Å². The Morgan fingerprint density at radius 1 is 1.34 bits per heavy atom. The van der Waals surface area contributed by atoms with E-state index in [-0.39, 0.29) is 12.6 Å². The van der Waals surface area contributed by atoms with E-state index in [1.54, 1.807) is 29.2 Å². The Morgan fingerprint density at radius 3 is 2.55 bits per heavy atom. The first-order valence-corrected chi connectivity index (χ1v) is 12.6. The van der Waals surface area contributed by atoms with Crippen LogP contribution in [0.4, 0.5) is 0 Å². The summed E-state index contributed by atoms with van der Waals surface area (Å²) in [6, 6.07) is 0. The van der Waals surface area contributed by atoms with Gasteiger partial charge in [0.25, 0.3) is 0 Å². The number of carbonyl (C=O) groups is 2. The molecule has 1 aromatic carbocycles. The highest BCUT2D eigenvalue weighted by molar-refractivity contribution is 14.2. The molecule has 0 bridgehead atoms. The summed E-state index contributed by atoms with van der Waals surface area (Å²) < 4.78 is 21.3. The number of ether oxygens (including phenoxy) is 4. The molecule has 1 aliphatic rings. The zero-order valence-corrected chi connectivity index (χ0v) is 20.2. The second-order valence-electron chi connectivity index (χ2n) is 5.86. The van der Waals surface area contributed by atoms with Gasteiger partial charge in [-0.15, -0.1) is 0 Å². The molecule has 160 valence electrons. The first-order chi connectivity index (χ1) is 14.0. The highest BCUT2D eigenvalue weighted by Gasteiger charge is 2.33. The summed E-state index contributed by atoms with van der Waals surface area (Å²) in [6.45, 7) is 8.96. The highest BCUT2D eigenvalue weighted by Crippen LogP contribution is 2.42. The number of carbonyl (C=O) groups excluding carboxylic acids is 2. The molecule has 1 aromatic rings. The topological polar surface area (TPSA) is 71.1 Å². The highest BCUT2D eigenvalue weighted by atomic mass is 127. The number of hydrogen-bond acceptors (Lipinski definition) is 7. The molecule has 0 aromatic heterocycles. The molecule has 0 radical (unpaired) electrons. The van der Waals surface area contributed by atoms with Gasteiger partial charge in [-0.05, 0) is 47.0 Å². The Hall–Kier alpha value is -1.52. The monoisotopic (exact) mass is 534 g/mol. The predicted molar refractivity (Wildman–Crippen MR) is 124 cm³/mol. The van der Waals surface area contributed by atoms with Crippen molar-refractivity contribution in [2.75, 3.05) is 33.2 Å². The molecule has 0 saturated carbocycles. The first kappa shape index (κ1) is 25.5. The van der Waals surface area contributed by atoms with E-state index in [2.05, 4.69) is 32.5 Å². The fourth-order valence-electron chi connectivity index (χ4n) is 2.74. The van der Waals surface area contributed by atoms with Crippen LogP contribution < -0.4 is 9.47 Å². The van der Waals surface area contributed by atoms with Crippen molar-refractivity contribution >= 4 is 42.4 Å². The molecule has 0 spiro atoms. The van der Waals surface area contributed by atoms with Crippen LogP contribution in [0.3, 0.4) is 0 Å². The third-order valence-electron chi connectivity index (χ3n) is 4.24. The average Bonchev–Trinajstić information content (AvgIpc) is 3.13. The van der Waals surface area contributed by atoms with Crippen molar-refractivity contribution in [3.8, 4) is 11.5 Å². The maximum atomic E-state index is 12.2. The van der Waals surface area contributed by atoms with E-state index in [1.165, 1.54) is 6.08 Å². The van der Waals surface area contributed by atoms with Crippen molar-refractivity contribution in [1.29, 1.82) is 0 Å². The van der Waals surface area contributed by atoms with Gasteiger partial charge < -0.3 is 18.9 Å². The molecule has 0 atom stereocenters. The SMILES string of the molecule is C=C/C(C=O)=C\Cc1c(OC)c(C)c2c(c1OCCSI)C(=O)OC2.CCOC. The fraction of sp³-hybridized carbons (Fsp3) is 0.429. The smallest absolute Gasteiger partial charge is 0.342 e. The summed E-state index contributed by atoms with van der Waals surface area (Å²) >= 11 is 2.20. The summed E-state index contributed by atoms with van der Waals surface area (Å²) in [5, 5.41) is 0. The van der Waals surface area contributed by atoms with Gasteiger partial charge in [-0.3, -0.25) is 4.79 Å². The van der Waals surface area contributed by atoms with Crippen LogP contribution in [0.1, 0.15) is 34.0 Å². The second kappa shape index (κ2) is 13.7. The molecule has 1 aliphatic heterocycles. The molecular weight excluding hydrogens is 507 g/mol. The van der Waals surface area contributed by atoms with Gasteiger partial charge in [0.15, 0.2) is 0 Å². The standard InChI is InChI=1S/C18H19IO5S.C3H8O/c1-4-12(9-20)5-6-13-16(22-3)11(2)14-10-24-18(21)15(14)17(13)23-7-8-25-19;1-3-4-2/h4-5,9H,1,6-8,10H2,2-3H3;3H2,1-2H3/b12-5+;. The summed E-state index contributed by atoms with van der Waals surface area (Å²) in [7, 11) is 4.89. The number of cyclic esters (lactones) is 1. The van der Waals surface area contributed by atoms with Crippen LogP contribution in [0.15, 0.2) is 24.3 Å². The van der Waals surface area contributed by atoms with Crippen molar-refractivity contribution in [3.63, 3.8) is 0 Å². The van der Waals surface area contributed by atoms with Gasteiger partial charge in [-0.2, -0.15) is 0 Å². The molecule has 6 nitrogen and oxygen atoms in total. The largest absolute Gasteiger partial charge is 0.496 e. The molecule has 8 heteroatoms. The number of aldehydes is 1. The number of rotatable bonds is 10. The predicted octanol–water partition coefficient (Wildman–Crippen LogP) is 4.64. The van der Waals surface area contributed by atoms with E-state index in [0.29, 0.717) is 35.7 Å². The second-order valence-corrected chi connectivity index (χ2v) is 8.36. The van der Waals surface area contributed by atoms with Gasteiger partial charge in [0, 0.05) is 36.2 Å². The zero-order chi connectivity index (χ0) is 21.8. The third kappa shape index (κ3) is 6.75. The van der Waals surface area contributed by atoms with Crippen LogP contribution in [-0.4, -0.2) is 45.4 Å². The van der Waals surface area contributed by atoms with Crippen LogP contribution in [0.2, 0.25) is 0 Å². The molecule has 2 rings (SSSR count). The van der Waals surface area contributed by atoms with Crippen LogP contribution in [-0.2, 0) is 27.3 Å². The number of halogens is 1. The van der Waals surface area contributed by atoms with Gasteiger partial charge >= 0.3 is 5.97 Å². The van der Waals surface area contributed by atoms with Crippen molar-refractivity contribution in [2.45, 2.75) is 26.9 Å². The average molecular weight is 534 g/mol. The number of fused-ring (bicyclic) bond motifs is 1. The molecule has 29 heavy (non-hydrogen) atoms. The van der Waals surface area contributed by atoms with Crippen molar-refractivity contribution < 1.29 is 28.5 Å². The van der Waals surface area contributed by atoms with E-state index in [1.807, 2.05) is 13.8 Å². The lowest BCUT2D eigenvalue weighted by Gasteiger charge is -2.19. The molecule has 0 N–H and O–H groups in total. The number of esters is 1. The minimum atomic E-state index is -0.387. The van der Waals surface area contributed by atoms with E-state index >= 15 is 0 Å². The lowest BCUT2D eigenvalue weighted by atomic mass is 9.95. The molecule has 0 fully saturated rings.